The predicted molar refractivity (Wildman–Crippen MR) is 57.3 cm³/mol. The third kappa shape index (κ3) is 1.92. The maximum Gasteiger partial charge on any atom is 0.231 e. The number of aliphatic hydroxyl groups excluding tert-OH is 1. The Morgan fingerprint density at radius 3 is 2.87 bits per heavy atom. The van der Waals surface area contributed by atoms with E-state index in [9.17, 15) is 5.11 Å². The first kappa shape index (κ1) is 10.3. The van der Waals surface area contributed by atoms with Crippen LogP contribution in [0.4, 0.5) is 0 Å². The second-order valence-corrected chi connectivity index (χ2v) is 3.84. The summed E-state index contributed by atoms with van der Waals surface area (Å²) >= 11 is 0. The van der Waals surface area contributed by atoms with Crippen molar-refractivity contribution >= 4 is 0 Å². The number of hydrogen-bond donors (Lipinski definition) is 1. The molecule has 0 saturated carbocycles. The van der Waals surface area contributed by atoms with Crippen LogP contribution < -0.4 is 9.47 Å². The molecular weight excluding hydrogens is 192 g/mol. The highest BCUT2D eigenvalue weighted by atomic mass is 16.7. The van der Waals surface area contributed by atoms with E-state index in [0.717, 1.165) is 29.0 Å². The third-order valence-corrected chi connectivity index (χ3v) is 2.61. The molecule has 1 atom stereocenters. The standard InChI is InChI=1S/C12H16O3/c1-3-10-9(6-8(2)13)4-5-11-12(10)15-7-14-11/h4-5,8,13H,3,6-7H2,1-2H3. The lowest BCUT2D eigenvalue weighted by Gasteiger charge is -2.12. The topological polar surface area (TPSA) is 38.7 Å². The average molecular weight is 208 g/mol. The van der Waals surface area contributed by atoms with Gasteiger partial charge in [-0.2, -0.15) is 0 Å². The molecule has 0 aliphatic carbocycles. The zero-order chi connectivity index (χ0) is 10.8. The second-order valence-electron chi connectivity index (χ2n) is 3.84. The summed E-state index contributed by atoms with van der Waals surface area (Å²) in [6.45, 7) is 4.19. The zero-order valence-corrected chi connectivity index (χ0v) is 9.12. The molecule has 3 heteroatoms. The first-order valence-electron chi connectivity index (χ1n) is 5.30. The van der Waals surface area contributed by atoms with Crippen LogP contribution in [-0.2, 0) is 12.8 Å². The van der Waals surface area contributed by atoms with Crippen molar-refractivity contribution in [3.63, 3.8) is 0 Å². The lowest BCUT2D eigenvalue weighted by atomic mass is 9.99. The number of hydrogen-bond acceptors (Lipinski definition) is 3. The number of fused-ring (bicyclic) bond motifs is 1. The van der Waals surface area contributed by atoms with E-state index in [1.165, 1.54) is 0 Å². The molecule has 1 aliphatic rings. The second kappa shape index (κ2) is 4.11. The van der Waals surface area contributed by atoms with Crippen LogP contribution in [0.15, 0.2) is 12.1 Å². The summed E-state index contributed by atoms with van der Waals surface area (Å²) < 4.78 is 10.8. The van der Waals surface area contributed by atoms with Crippen molar-refractivity contribution in [2.45, 2.75) is 32.8 Å². The lowest BCUT2D eigenvalue weighted by molar-refractivity contribution is 0.173. The Bertz CT molecular complexity index is 358. The number of ether oxygens (including phenoxy) is 2. The van der Waals surface area contributed by atoms with E-state index in [-0.39, 0.29) is 6.10 Å². The van der Waals surface area contributed by atoms with Gasteiger partial charge in [-0.15, -0.1) is 0 Å². The van der Waals surface area contributed by atoms with Crippen LogP contribution in [0.1, 0.15) is 25.0 Å². The van der Waals surface area contributed by atoms with E-state index in [2.05, 4.69) is 6.92 Å². The summed E-state index contributed by atoms with van der Waals surface area (Å²) in [7, 11) is 0. The van der Waals surface area contributed by atoms with E-state index in [1.807, 2.05) is 12.1 Å². The van der Waals surface area contributed by atoms with Crippen molar-refractivity contribution in [3.05, 3.63) is 23.3 Å². The number of aliphatic hydroxyl groups is 1. The summed E-state index contributed by atoms with van der Waals surface area (Å²) in [5, 5.41) is 9.40. The molecule has 0 fully saturated rings. The molecule has 0 aromatic heterocycles. The highest BCUT2D eigenvalue weighted by Gasteiger charge is 2.19. The molecule has 15 heavy (non-hydrogen) atoms. The van der Waals surface area contributed by atoms with Crippen molar-refractivity contribution in [2.75, 3.05) is 6.79 Å². The smallest absolute Gasteiger partial charge is 0.231 e. The summed E-state index contributed by atoms with van der Waals surface area (Å²) in [6.07, 6.45) is 1.24. The van der Waals surface area contributed by atoms with Crippen molar-refractivity contribution in [1.29, 1.82) is 0 Å². The van der Waals surface area contributed by atoms with Gasteiger partial charge in [0, 0.05) is 5.56 Å². The molecule has 3 nitrogen and oxygen atoms in total. The SMILES string of the molecule is CCc1c(CC(C)O)ccc2c1OCO2. The Kier molecular flexibility index (Phi) is 2.82. The Labute approximate surface area is 89.6 Å². The van der Waals surface area contributed by atoms with Crippen LogP contribution in [0, 0.1) is 0 Å². The molecule has 0 saturated heterocycles. The van der Waals surface area contributed by atoms with Gasteiger partial charge in [0.05, 0.1) is 6.10 Å². The van der Waals surface area contributed by atoms with Crippen LogP contribution in [-0.4, -0.2) is 18.0 Å². The van der Waals surface area contributed by atoms with Crippen LogP contribution >= 0.6 is 0 Å². The zero-order valence-electron chi connectivity index (χ0n) is 9.12. The molecule has 0 bridgehead atoms. The molecule has 82 valence electrons. The highest BCUT2D eigenvalue weighted by Crippen LogP contribution is 2.38. The first-order valence-corrected chi connectivity index (χ1v) is 5.30. The third-order valence-electron chi connectivity index (χ3n) is 2.61. The molecule has 1 N–H and O–H groups in total. The van der Waals surface area contributed by atoms with Crippen LogP contribution in [0.3, 0.4) is 0 Å². The van der Waals surface area contributed by atoms with E-state index in [1.54, 1.807) is 6.92 Å². The van der Waals surface area contributed by atoms with Gasteiger partial charge in [-0.25, -0.2) is 0 Å². The van der Waals surface area contributed by atoms with Crippen molar-refractivity contribution in [2.24, 2.45) is 0 Å². The van der Waals surface area contributed by atoms with Gasteiger partial charge in [-0.05, 0) is 31.4 Å². The largest absolute Gasteiger partial charge is 0.454 e. The van der Waals surface area contributed by atoms with Crippen molar-refractivity contribution in [3.8, 4) is 11.5 Å². The van der Waals surface area contributed by atoms with Crippen LogP contribution in [0.25, 0.3) is 0 Å². The van der Waals surface area contributed by atoms with Gasteiger partial charge in [0.25, 0.3) is 0 Å². The van der Waals surface area contributed by atoms with E-state index in [0.29, 0.717) is 13.2 Å². The van der Waals surface area contributed by atoms with E-state index < -0.39 is 0 Å². The Balaban J connectivity index is 2.39. The van der Waals surface area contributed by atoms with Crippen molar-refractivity contribution in [1.82, 2.24) is 0 Å². The summed E-state index contributed by atoms with van der Waals surface area (Å²) in [5.41, 5.74) is 2.31. The monoisotopic (exact) mass is 208 g/mol. The molecule has 0 radical (unpaired) electrons. The van der Waals surface area contributed by atoms with Crippen LogP contribution in [0.2, 0.25) is 0 Å². The summed E-state index contributed by atoms with van der Waals surface area (Å²) in [4.78, 5) is 0. The molecule has 1 aliphatic heterocycles. The molecule has 2 rings (SSSR count). The molecule has 1 aromatic carbocycles. The van der Waals surface area contributed by atoms with Gasteiger partial charge < -0.3 is 14.6 Å². The fraction of sp³-hybridized carbons (Fsp3) is 0.500. The molecule has 0 amide bonds. The van der Waals surface area contributed by atoms with Gasteiger partial charge in [-0.3, -0.25) is 0 Å². The highest BCUT2D eigenvalue weighted by molar-refractivity contribution is 5.52. The van der Waals surface area contributed by atoms with E-state index in [4.69, 9.17) is 9.47 Å². The Morgan fingerprint density at radius 1 is 1.40 bits per heavy atom. The predicted octanol–water partition coefficient (Wildman–Crippen LogP) is 1.90. The first-order chi connectivity index (χ1) is 7.22. The minimum absolute atomic E-state index is 0.306. The minimum Gasteiger partial charge on any atom is -0.454 e. The van der Waals surface area contributed by atoms with Gasteiger partial charge >= 0.3 is 0 Å². The number of benzene rings is 1. The van der Waals surface area contributed by atoms with Gasteiger partial charge in [0.1, 0.15) is 0 Å². The average Bonchev–Trinajstić information content (AvgIpc) is 2.64. The fourth-order valence-corrected chi connectivity index (χ4v) is 1.97. The van der Waals surface area contributed by atoms with Gasteiger partial charge in [0.2, 0.25) is 6.79 Å². The normalized spacial score (nSPS) is 15.4. The lowest BCUT2D eigenvalue weighted by Crippen LogP contribution is -2.07. The quantitative estimate of drug-likeness (QED) is 0.824. The molecule has 1 aromatic rings. The maximum atomic E-state index is 9.40. The fourth-order valence-electron chi connectivity index (χ4n) is 1.97. The summed E-state index contributed by atoms with van der Waals surface area (Å²) in [5.74, 6) is 1.68. The van der Waals surface area contributed by atoms with Gasteiger partial charge in [-0.1, -0.05) is 13.0 Å². The minimum atomic E-state index is -0.323. The van der Waals surface area contributed by atoms with E-state index >= 15 is 0 Å². The Morgan fingerprint density at radius 2 is 2.20 bits per heavy atom. The number of rotatable bonds is 3. The Hall–Kier alpha value is -1.22. The molecule has 0 spiro atoms. The molecular formula is C12H16O3. The maximum absolute atomic E-state index is 9.40. The molecule has 1 heterocycles. The van der Waals surface area contributed by atoms with Crippen molar-refractivity contribution < 1.29 is 14.6 Å². The van der Waals surface area contributed by atoms with Crippen LogP contribution in [0.5, 0.6) is 11.5 Å². The van der Waals surface area contributed by atoms with Gasteiger partial charge in [0.15, 0.2) is 11.5 Å². The molecule has 1 unspecified atom stereocenters. The summed E-state index contributed by atoms with van der Waals surface area (Å²) in [6, 6.07) is 3.93.